The van der Waals surface area contributed by atoms with Gasteiger partial charge in [-0.3, -0.25) is 0 Å². The van der Waals surface area contributed by atoms with Gasteiger partial charge < -0.3 is 5.32 Å². The highest BCUT2D eigenvalue weighted by atomic mass is 19.1. The SMILES string of the molecule is C[C@@H](CF)Nc1cccc(C#N)n1. The van der Waals surface area contributed by atoms with Crippen molar-refractivity contribution in [2.24, 2.45) is 0 Å². The fourth-order valence-corrected chi connectivity index (χ4v) is 0.868. The van der Waals surface area contributed by atoms with Crippen LogP contribution in [0.1, 0.15) is 12.6 Å². The molecule has 3 nitrogen and oxygen atoms in total. The summed E-state index contributed by atoms with van der Waals surface area (Å²) in [5, 5.41) is 11.4. The Morgan fingerprint density at radius 3 is 3.08 bits per heavy atom. The van der Waals surface area contributed by atoms with E-state index in [2.05, 4.69) is 10.3 Å². The first-order valence-corrected chi connectivity index (χ1v) is 3.96. The Morgan fingerprint density at radius 2 is 2.46 bits per heavy atom. The molecule has 1 rings (SSSR count). The predicted octanol–water partition coefficient (Wildman–Crippen LogP) is 1.72. The van der Waals surface area contributed by atoms with E-state index in [1.54, 1.807) is 25.1 Å². The Hall–Kier alpha value is -1.63. The summed E-state index contributed by atoms with van der Waals surface area (Å²) in [4.78, 5) is 3.94. The van der Waals surface area contributed by atoms with Crippen LogP contribution >= 0.6 is 0 Å². The van der Waals surface area contributed by atoms with Crippen molar-refractivity contribution in [1.82, 2.24) is 4.98 Å². The quantitative estimate of drug-likeness (QED) is 0.768. The van der Waals surface area contributed by atoms with E-state index < -0.39 is 6.67 Å². The van der Waals surface area contributed by atoms with Gasteiger partial charge in [0.2, 0.25) is 0 Å². The van der Waals surface area contributed by atoms with Gasteiger partial charge in [0.05, 0.1) is 6.04 Å². The zero-order chi connectivity index (χ0) is 9.68. The van der Waals surface area contributed by atoms with Crippen molar-refractivity contribution in [1.29, 1.82) is 5.26 Å². The van der Waals surface area contributed by atoms with E-state index in [4.69, 9.17) is 5.26 Å². The number of nitrogens with zero attached hydrogens (tertiary/aromatic N) is 2. The summed E-state index contributed by atoms with van der Waals surface area (Å²) in [6, 6.07) is 6.65. The summed E-state index contributed by atoms with van der Waals surface area (Å²) in [6.45, 7) is 1.25. The lowest BCUT2D eigenvalue weighted by molar-refractivity contribution is 0.459. The first-order chi connectivity index (χ1) is 6.26. The van der Waals surface area contributed by atoms with Crippen LogP contribution in [0.5, 0.6) is 0 Å². The molecule has 0 saturated carbocycles. The number of hydrogen-bond donors (Lipinski definition) is 1. The lowest BCUT2D eigenvalue weighted by Gasteiger charge is -2.09. The monoisotopic (exact) mass is 179 g/mol. The van der Waals surface area contributed by atoms with Gasteiger partial charge in [-0.25, -0.2) is 9.37 Å². The molecule has 0 aliphatic heterocycles. The van der Waals surface area contributed by atoms with Crippen molar-refractivity contribution in [3.63, 3.8) is 0 Å². The van der Waals surface area contributed by atoms with Crippen LogP contribution in [0.15, 0.2) is 18.2 Å². The molecule has 0 unspecified atom stereocenters. The maximum absolute atomic E-state index is 12.1. The number of alkyl halides is 1. The second-order valence-electron chi connectivity index (χ2n) is 2.72. The van der Waals surface area contributed by atoms with Gasteiger partial charge in [-0.2, -0.15) is 5.26 Å². The number of pyridine rings is 1. The third kappa shape index (κ3) is 2.71. The predicted molar refractivity (Wildman–Crippen MR) is 48.0 cm³/mol. The van der Waals surface area contributed by atoms with Crippen LogP contribution in [0.25, 0.3) is 0 Å². The fourth-order valence-electron chi connectivity index (χ4n) is 0.868. The molecule has 1 atom stereocenters. The molecule has 1 heterocycles. The molecule has 0 aromatic carbocycles. The number of rotatable bonds is 3. The van der Waals surface area contributed by atoms with Gasteiger partial charge in [-0.05, 0) is 19.1 Å². The second kappa shape index (κ2) is 4.41. The maximum Gasteiger partial charge on any atom is 0.142 e. The zero-order valence-corrected chi connectivity index (χ0v) is 7.29. The van der Waals surface area contributed by atoms with Crippen LogP contribution < -0.4 is 5.32 Å². The van der Waals surface area contributed by atoms with Gasteiger partial charge in [-0.15, -0.1) is 0 Å². The van der Waals surface area contributed by atoms with E-state index in [-0.39, 0.29) is 6.04 Å². The topological polar surface area (TPSA) is 48.7 Å². The van der Waals surface area contributed by atoms with Crippen molar-refractivity contribution in [2.75, 3.05) is 12.0 Å². The molecule has 4 heteroatoms. The van der Waals surface area contributed by atoms with Crippen molar-refractivity contribution >= 4 is 5.82 Å². The molecule has 68 valence electrons. The van der Waals surface area contributed by atoms with E-state index in [0.717, 1.165) is 0 Å². The van der Waals surface area contributed by atoms with E-state index in [9.17, 15) is 4.39 Å². The summed E-state index contributed by atoms with van der Waals surface area (Å²) in [7, 11) is 0. The van der Waals surface area contributed by atoms with Gasteiger partial charge >= 0.3 is 0 Å². The minimum Gasteiger partial charge on any atom is -0.365 e. The molecule has 0 bridgehead atoms. The summed E-state index contributed by atoms with van der Waals surface area (Å²) >= 11 is 0. The lowest BCUT2D eigenvalue weighted by Crippen LogP contribution is -2.17. The van der Waals surface area contributed by atoms with E-state index in [0.29, 0.717) is 11.5 Å². The van der Waals surface area contributed by atoms with Crippen molar-refractivity contribution in [3.8, 4) is 6.07 Å². The van der Waals surface area contributed by atoms with Crippen molar-refractivity contribution in [2.45, 2.75) is 13.0 Å². The third-order valence-corrected chi connectivity index (χ3v) is 1.49. The van der Waals surface area contributed by atoms with Crippen LogP contribution in [0.3, 0.4) is 0 Å². The highest BCUT2D eigenvalue weighted by Gasteiger charge is 2.01. The van der Waals surface area contributed by atoms with E-state index in [1.165, 1.54) is 0 Å². The average Bonchev–Trinajstić information content (AvgIpc) is 2.18. The molecule has 1 N–H and O–H groups in total. The lowest BCUT2D eigenvalue weighted by atomic mass is 10.3. The maximum atomic E-state index is 12.1. The Labute approximate surface area is 76.2 Å². The number of nitriles is 1. The van der Waals surface area contributed by atoms with Crippen LogP contribution in [-0.4, -0.2) is 17.7 Å². The smallest absolute Gasteiger partial charge is 0.142 e. The summed E-state index contributed by atoms with van der Waals surface area (Å²) in [5.74, 6) is 0.532. The largest absolute Gasteiger partial charge is 0.365 e. The van der Waals surface area contributed by atoms with Gasteiger partial charge in [0, 0.05) is 0 Å². The Kier molecular flexibility index (Phi) is 3.21. The molecule has 0 aliphatic rings. The first-order valence-electron chi connectivity index (χ1n) is 3.96. The normalized spacial score (nSPS) is 11.8. The molecular formula is C9H10FN3. The van der Waals surface area contributed by atoms with Gasteiger partial charge in [0.25, 0.3) is 0 Å². The van der Waals surface area contributed by atoms with Crippen molar-refractivity contribution < 1.29 is 4.39 Å². The summed E-state index contributed by atoms with van der Waals surface area (Å²) in [6.07, 6.45) is 0. The minimum atomic E-state index is -0.460. The molecule has 0 saturated heterocycles. The zero-order valence-electron chi connectivity index (χ0n) is 7.29. The van der Waals surface area contributed by atoms with Crippen LogP contribution in [0.4, 0.5) is 10.2 Å². The molecule has 0 amide bonds. The molecule has 0 spiro atoms. The fraction of sp³-hybridized carbons (Fsp3) is 0.333. The van der Waals surface area contributed by atoms with Crippen LogP contribution in [-0.2, 0) is 0 Å². The Bertz CT molecular complexity index is 319. The summed E-state index contributed by atoms with van der Waals surface area (Å²) in [5.41, 5.74) is 0.330. The third-order valence-electron chi connectivity index (χ3n) is 1.49. The Balaban J connectivity index is 2.73. The van der Waals surface area contributed by atoms with Crippen molar-refractivity contribution in [3.05, 3.63) is 23.9 Å². The number of hydrogen-bond acceptors (Lipinski definition) is 3. The highest BCUT2D eigenvalue weighted by Crippen LogP contribution is 2.05. The number of halogens is 1. The Morgan fingerprint density at radius 1 is 1.69 bits per heavy atom. The standard InChI is InChI=1S/C9H10FN3/c1-7(5-10)12-9-4-2-3-8(6-11)13-9/h2-4,7H,5H2,1H3,(H,12,13)/t7-/m0/s1. The number of aromatic nitrogens is 1. The molecule has 0 radical (unpaired) electrons. The average molecular weight is 179 g/mol. The first kappa shape index (κ1) is 9.46. The molecule has 1 aromatic rings. The number of nitrogens with one attached hydrogen (secondary N) is 1. The van der Waals surface area contributed by atoms with Gasteiger partial charge in [0.1, 0.15) is 24.3 Å². The van der Waals surface area contributed by atoms with Crippen LogP contribution in [0, 0.1) is 11.3 Å². The number of anilines is 1. The molecule has 13 heavy (non-hydrogen) atoms. The van der Waals surface area contributed by atoms with Gasteiger partial charge in [0.15, 0.2) is 0 Å². The summed E-state index contributed by atoms with van der Waals surface area (Å²) < 4.78 is 12.1. The van der Waals surface area contributed by atoms with E-state index >= 15 is 0 Å². The molecule has 0 fully saturated rings. The minimum absolute atomic E-state index is 0.276. The highest BCUT2D eigenvalue weighted by molar-refractivity contribution is 5.39. The van der Waals surface area contributed by atoms with Gasteiger partial charge in [-0.1, -0.05) is 6.07 Å². The molecule has 0 aliphatic carbocycles. The van der Waals surface area contributed by atoms with E-state index in [1.807, 2.05) is 6.07 Å². The molecular weight excluding hydrogens is 169 g/mol. The second-order valence-corrected chi connectivity index (χ2v) is 2.72. The van der Waals surface area contributed by atoms with Crippen LogP contribution in [0.2, 0.25) is 0 Å². The molecule has 1 aromatic heterocycles.